The molecule has 1 fully saturated rings. The molecule has 0 bridgehead atoms. The van der Waals surface area contributed by atoms with Crippen LogP contribution in [0.5, 0.6) is 0 Å². The lowest BCUT2D eigenvalue weighted by Crippen LogP contribution is -2.28. The number of hydrazine groups is 1. The number of nitriles is 1. The number of hydrogen-bond acceptors (Lipinski definition) is 3. The van der Waals surface area contributed by atoms with Crippen molar-refractivity contribution >= 4 is 0 Å². The van der Waals surface area contributed by atoms with Crippen molar-refractivity contribution in [1.82, 2.24) is 5.01 Å². The number of benzene rings is 2. The molecule has 3 nitrogen and oxygen atoms in total. The first kappa shape index (κ1) is 23.6. The molecule has 0 radical (unpaired) electrons. The van der Waals surface area contributed by atoms with E-state index in [2.05, 4.69) is 0 Å². The molecule has 0 saturated carbocycles. The third kappa shape index (κ3) is 9.77. The Morgan fingerprint density at radius 2 is 1.54 bits per heavy atom. The molecule has 26 heavy (non-hydrogen) atoms. The van der Waals surface area contributed by atoms with Gasteiger partial charge in [-0.15, -0.1) is 0 Å². The van der Waals surface area contributed by atoms with Crippen molar-refractivity contribution in [1.29, 1.82) is 5.26 Å². The third-order valence-corrected chi connectivity index (χ3v) is 2.97. The number of nitrogens with zero attached hydrogens (tertiary/aromatic N) is 2. The molecular formula is C19H23F4N3. The molecule has 3 rings (SSSR count). The quantitative estimate of drug-likeness (QED) is 0.420. The van der Waals surface area contributed by atoms with Crippen molar-refractivity contribution in [3.05, 3.63) is 71.5 Å². The Balaban J connectivity index is 0.000000346. The van der Waals surface area contributed by atoms with Crippen molar-refractivity contribution in [2.75, 3.05) is 13.1 Å². The Labute approximate surface area is 151 Å². The summed E-state index contributed by atoms with van der Waals surface area (Å²) in [7, 11) is 0. The summed E-state index contributed by atoms with van der Waals surface area (Å²) in [6.07, 6.45) is -0.0683. The number of hydrogen-bond donors (Lipinski definition) is 1. The highest BCUT2D eigenvalue weighted by molar-refractivity contribution is 5.27. The molecule has 2 aromatic rings. The molecule has 1 aliphatic heterocycles. The molecule has 1 aliphatic rings. The van der Waals surface area contributed by atoms with Crippen molar-refractivity contribution in [3.8, 4) is 6.07 Å². The first-order chi connectivity index (χ1) is 12.4. The van der Waals surface area contributed by atoms with Gasteiger partial charge in [-0.3, -0.25) is 5.84 Å². The van der Waals surface area contributed by atoms with Gasteiger partial charge in [-0.25, -0.2) is 22.6 Å². The van der Waals surface area contributed by atoms with Gasteiger partial charge in [0, 0.05) is 13.1 Å². The van der Waals surface area contributed by atoms with Gasteiger partial charge in [0.1, 0.15) is 6.17 Å². The smallest absolute Gasteiger partial charge is 0.194 e. The Morgan fingerprint density at radius 3 is 1.81 bits per heavy atom. The van der Waals surface area contributed by atoms with Crippen molar-refractivity contribution in [2.45, 2.75) is 26.4 Å². The molecule has 1 unspecified atom stereocenters. The Kier molecular flexibility index (Phi) is 12.5. The van der Waals surface area contributed by atoms with Gasteiger partial charge in [0.25, 0.3) is 0 Å². The Morgan fingerprint density at radius 1 is 1.00 bits per heavy atom. The highest BCUT2D eigenvalue weighted by Gasteiger charge is 2.17. The van der Waals surface area contributed by atoms with E-state index in [0.29, 0.717) is 25.1 Å². The van der Waals surface area contributed by atoms with Gasteiger partial charge in [-0.05, 0) is 30.7 Å². The van der Waals surface area contributed by atoms with E-state index in [0.717, 1.165) is 18.2 Å². The second-order valence-electron chi connectivity index (χ2n) is 4.89. The maximum atomic E-state index is 12.1. The summed E-state index contributed by atoms with van der Waals surface area (Å²) >= 11 is 0. The standard InChI is InChI=1S/C7H5N.C6H3F3.C4H9FN2.C2H6/c8-6-7-4-2-1-3-5-7;7-4-2-1-3-5(8)6(4)9;5-4-1-2-7(6)3-4;1-2/h1-5H;1-3H;4H,1-3,6H2;1-2H3. The van der Waals surface area contributed by atoms with Crippen molar-refractivity contribution in [2.24, 2.45) is 5.84 Å². The van der Waals surface area contributed by atoms with E-state index in [4.69, 9.17) is 11.1 Å². The summed E-state index contributed by atoms with van der Waals surface area (Å²) in [6.45, 7) is 5.13. The minimum atomic E-state index is -1.42. The van der Waals surface area contributed by atoms with E-state index in [9.17, 15) is 17.6 Å². The van der Waals surface area contributed by atoms with Crippen LogP contribution in [0.2, 0.25) is 0 Å². The second-order valence-corrected chi connectivity index (χ2v) is 4.89. The summed E-state index contributed by atoms with van der Waals surface area (Å²) in [5.41, 5.74) is 0.715. The van der Waals surface area contributed by atoms with Crippen LogP contribution in [0.4, 0.5) is 17.6 Å². The van der Waals surface area contributed by atoms with E-state index in [1.807, 2.05) is 38.1 Å². The maximum Gasteiger partial charge on any atom is 0.194 e. The molecule has 2 N–H and O–H groups in total. The largest absolute Gasteiger partial charge is 0.269 e. The highest BCUT2D eigenvalue weighted by atomic mass is 19.2. The average molecular weight is 369 g/mol. The van der Waals surface area contributed by atoms with Crippen LogP contribution < -0.4 is 5.84 Å². The predicted octanol–water partition coefficient (Wildman–Crippen LogP) is 4.59. The van der Waals surface area contributed by atoms with Crippen molar-refractivity contribution in [3.63, 3.8) is 0 Å². The summed E-state index contributed by atoms with van der Waals surface area (Å²) in [4.78, 5) is 0. The first-order valence-corrected chi connectivity index (χ1v) is 8.12. The number of alkyl halides is 1. The highest BCUT2D eigenvalue weighted by Crippen LogP contribution is 2.08. The fraction of sp³-hybridized carbons (Fsp3) is 0.316. The van der Waals surface area contributed by atoms with Gasteiger partial charge in [-0.1, -0.05) is 38.1 Å². The van der Waals surface area contributed by atoms with Gasteiger partial charge in [0.2, 0.25) is 0 Å². The fourth-order valence-corrected chi connectivity index (χ4v) is 1.73. The van der Waals surface area contributed by atoms with Gasteiger partial charge in [0.05, 0.1) is 11.6 Å². The molecule has 142 valence electrons. The van der Waals surface area contributed by atoms with E-state index in [1.54, 1.807) is 12.1 Å². The molecule has 1 heterocycles. The third-order valence-electron chi connectivity index (χ3n) is 2.97. The molecule has 0 aliphatic carbocycles. The normalized spacial score (nSPS) is 15.2. The number of halogens is 4. The summed E-state index contributed by atoms with van der Waals surface area (Å²) in [5, 5.41) is 9.79. The van der Waals surface area contributed by atoms with Crippen LogP contribution in [-0.2, 0) is 0 Å². The van der Waals surface area contributed by atoms with Crippen molar-refractivity contribution < 1.29 is 17.6 Å². The molecule has 1 atom stereocenters. The molecule has 0 amide bonds. The Bertz CT molecular complexity index is 631. The van der Waals surface area contributed by atoms with E-state index in [1.165, 1.54) is 5.01 Å². The molecule has 7 heteroatoms. The number of nitrogens with two attached hydrogens (primary N) is 1. The SMILES string of the molecule is CC.Fc1cccc(F)c1F.N#Cc1ccccc1.NN1CCC(F)C1. The lowest BCUT2D eigenvalue weighted by Gasteiger charge is -2.01. The molecule has 0 aromatic heterocycles. The van der Waals surface area contributed by atoms with Crippen LogP contribution in [0.15, 0.2) is 48.5 Å². The van der Waals surface area contributed by atoms with E-state index < -0.39 is 23.6 Å². The van der Waals surface area contributed by atoms with Gasteiger partial charge in [-0.2, -0.15) is 5.26 Å². The Hall–Kier alpha value is -2.43. The topological polar surface area (TPSA) is 53.1 Å². The lowest BCUT2D eigenvalue weighted by atomic mass is 10.2. The van der Waals surface area contributed by atoms with Gasteiger partial charge in [0.15, 0.2) is 17.5 Å². The average Bonchev–Trinajstić information content (AvgIpc) is 3.06. The molecular weight excluding hydrogens is 346 g/mol. The van der Waals surface area contributed by atoms with Crippen LogP contribution in [-0.4, -0.2) is 24.3 Å². The minimum Gasteiger partial charge on any atom is -0.269 e. The van der Waals surface area contributed by atoms with Crippen LogP contribution in [0.3, 0.4) is 0 Å². The summed E-state index contributed by atoms with van der Waals surface area (Å²) < 4.78 is 48.0. The second kappa shape index (κ2) is 13.8. The molecule has 0 spiro atoms. The molecule has 1 saturated heterocycles. The van der Waals surface area contributed by atoms with Gasteiger partial charge >= 0.3 is 0 Å². The number of rotatable bonds is 0. The molecule has 2 aromatic carbocycles. The van der Waals surface area contributed by atoms with E-state index in [-0.39, 0.29) is 0 Å². The zero-order valence-corrected chi connectivity index (χ0v) is 14.8. The van der Waals surface area contributed by atoms with Crippen LogP contribution in [0.25, 0.3) is 0 Å². The predicted molar refractivity (Wildman–Crippen MR) is 94.1 cm³/mol. The summed E-state index contributed by atoms with van der Waals surface area (Å²) in [6, 6.07) is 14.0. The maximum absolute atomic E-state index is 12.1. The minimum absolute atomic E-state index is 0.417. The lowest BCUT2D eigenvalue weighted by molar-refractivity contribution is 0.295. The van der Waals surface area contributed by atoms with Crippen LogP contribution in [0, 0.1) is 28.8 Å². The first-order valence-electron chi connectivity index (χ1n) is 8.12. The van der Waals surface area contributed by atoms with Crippen LogP contribution >= 0.6 is 0 Å². The zero-order valence-electron chi connectivity index (χ0n) is 14.8. The van der Waals surface area contributed by atoms with Crippen LogP contribution in [0.1, 0.15) is 25.8 Å². The summed E-state index contributed by atoms with van der Waals surface area (Å²) in [5.74, 6) is 1.48. The zero-order chi connectivity index (χ0) is 19.9. The van der Waals surface area contributed by atoms with Gasteiger partial charge < -0.3 is 0 Å². The fourth-order valence-electron chi connectivity index (χ4n) is 1.73. The van der Waals surface area contributed by atoms with E-state index >= 15 is 0 Å². The monoisotopic (exact) mass is 369 g/mol.